The Kier molecular flexibility index (Phi) is 5.64. The van der Waals surface area contributed by atoms with Crippen molar-refractivity contribution in [2.75, 3.05) is 7.05 Å². The second kappa shape index (κ2) is 7.68. The van der Waals surface area contributed by atoms with Crippen molar-refractivity contribution in [3.8, 4) is 11.1 Å². The van der Waals surface area contributed by atoms with Gasteiger partial charge in [-0.2, -0.15) is 0 Å². The van der Waals surface area contributed by atoms with E-state index >= 15 is 0 Å². The lowest BCUT2D eigenvalue weighted by Gasteiger charge is -2.11. The molecule has 0 atom stereocenters. The van der Waals surface area contributed by atoms with Gasteiger partial charge in [-0.15, -0.1) is 0 Å². The predicted octanol–water partition coefficient (Wildman–Crippen LogP) is 3.82. The predicted molar refractivity (Wildman–Crippen MR) is 96.2 cm³/mol. The molecule has 0 fully saturated rings. The van der Waals surface area contributed by atoms with Crippen LogP contribution in [0, 0.1) is 0 Å². The van der Waals surface area contributed by atoms with Gasteiger partial charge in [-0.05, 0) is 35.6 Å². The molecular formula is C20H22N2O2. The lowest BCUT2D eigenvalue weighted by molar-refractivity contribution is 0.0947. The standard InChI is InChI=1S/C20H22N2O2/c1-5-13(3)19(23)18-17(20(24)21-4)11-16(12-22-18)15-9-7-8-14(6-2)10-15/h7-12H,3,5-6H2,1-2,4H3,(H,21,24). The maximum Gasteiger partial charge on any atom is 0.253 e. The molecule has 2 rings (SSSR count). The number of hydrogen-bond donors (Lipinski definition) is 1. The van der Waals surface area contributed by atoms with Crippen LogP contribution < -0.4 is 5.32 Å². The molecule has 0 saturated carbocycles. The molecule has 0 saturated heterocycles. The van der Waals surface area contributed by atoms with E-state index in [1.807, 2.05) is 19.1 Å². The number of amides is 1. The van der Waals surface area contributed by atoms with E-state index in [2.05, 4.69) is 35.9 Å². The number of pyridine rings is 1. The van der Waals surface area contributed by atoms with Gasteiger partial charge in [0.25, 0.3) is 5.91 Å². The fourth-order valence-electron chi connectivity index (χ4n) is 2.41. The smallest absolute Gasteiger partial charge is 0.253 e. The Balaban J connectivity index is 2.56. The number of carbonyl (C=O) groups is 2. The first kappa shape index (κ1) is 17.6. The highest BCUT2D eigenvalue weighted by Gasteiger charge is 2.20. The molecule has 0 unspecified atom stereocenters. The summed E-state index contributed by atoms with van der Waals surface area (Å²) in [7, 11) is 1.54. The zero-order chi connectivity index (χ0) is 17.7. The van der Waals surface area contributed by atoms with E-state index in [0.717, 1.165) is 17.5 Å². The van der Waals surface area contributed by atoms with Gasteiger partial charge in [0.2, 0.25) is 5.78 Å². The summed E-state index contributed by atoms with van der Waals surface area (Å²) >= 11 is 0. The van der Waals surface area contributed by atoms with Gasteiger partial charge >= 0.3 is 0 Å². The molecule has 4 nitrogen and oxygen atoms in total. The van der Waals surface area contributed by atoms with Crippen molar-refractivity contribution in [2.24, 2.45) is 0 Å². The van der Waals surface area contributed by atoms with Crippen molar-refractivity contribution in [3.05, 3.63) is 65.5 Å². The van der Waals surface area contributed by atoms with E-state index < -0.39 is 0 Å². The number of ketones is 1. The summed E-state index contributed by atoms with van der Waals surface area (Å²) in [5.41, 5.74) is 3.85. The molecule has 0 aliphatic heterocycles. The van der Waals surface area contributed by atoms with Gasteiger partial charge in [0.1, 0.15) is 5.69 Å². The second-order valence-electron chi connectivity index (χ2n) is 5.54. The fourth-order valence-corrected chi connectivity index (χ4v) is 2.41. The number of carbonyl (C=O) groups excluding carboxylic acids is 2. The third kappa shape index (κ3) is 3.59. The van der Waals surface area contributed by atoms with E-state index in [1.165, 1.54) is 12.6 Å². The molecule has 2 aromatic rings. The van der Waals surface area contributed by atoms with Crippen LogP contribution in [0.4, 0.5) is 0 Å². The minimum atomic E-state index is -0.330. The number of hydrogen-bond acceptors (Lipinski definition) is 3. The SMILES string of the molecule is C=C(CC)C(=O)c1ncc(-c2cccc(CC)c2)cc1C(=O)NC. The van der Waals surface area contributed by atoms with Crippen LogP contribution in [0.15, 0.2) is 48.7 Å². The highest BCUT2D eigenvalue weighted by atomic mass is 16.2. The second-order valence-corrected chi connectivity index (χ2v) is 5.54. The first-order valence-corrected chi connectivity index (χ1v) is 8.05. The zero-order valence-electron chi connectivity index (χ0n) is 14.3. The molecule has 1 heterocycles. The largest absolute Gasteiger partial charge is 0.355 e. The monoisotopic (exact) mass is 322 g/mol. The first-order valence-electron chi connectivity index (χ1n) is 8.05. The molecule has 1 aromatic carbocycles. The van der Waals surface area contributed by atoms with Crippen LogP contribution in [0.5, 0.6) is 0 Å². The minimum Gasteiger partial charge on any atom is -0.355 e. The molecule has 0 bridgehead atoms. The highest BCUT2D eigenvalue weighted by molar-refractivity contribution is 6.13. The molecule has 0 aliphatic carbocycles. The van der Waals surface area contributed by atoms with E-state index in [1.54, 1.807) is 12.3 Å². The quantitative estimate of drug-likeness (QED) is 0.650. The van der Waals surface area contributed by atoms with Gasteiger partial charge in [-0.1, -0.05) is 44.7 Å². The van der Waals surface area contributed by atoms with Crippen molar-refractivity contribution in [3.63, 3.8) is 0 Å². The Bertz CT molecular complexity index is 794. The summed E-state index contributed by atoms with van der Waals surface area (Å²) in [4.78, 5) is 28.9. The van der Waals surface area contributed by atoms with Gasteiger partial charge in [-0.25, -0.2) is 0 Å². The summed E-state index contributed by atoms with van der Waals surface area (Å²) < 4.78 is 0. The van der Waals surface area contributed by atoms with Crippen LogP contribution in [0.1, 0.15) is 46.7 Å². The summed E-state index contributed by atoms with van der Waals surface area (Å²) in [5, 5.41) is 2.57. The van der Waals surface area contributed by atoms with E-state index in [-0.39, 0.29) is 22.9 Å². The first-order chi connectivity index (χ1) is 11.5. The maximum absolute atomic E-state index is 12.4. The van der Waals surface area contributed by atoms with Gasteiger partial charge in [0.05, 0.1) is 5.56 Å². The van der Waals surface area contributed by atoms with Crippen LogP contribution in [0.25, 0.3) is 11.1 Å². The van der Waals surface area contributed by atoms with Crippen molar-refractivity contribution < 1.29 is 9.59 Å². The Labute approximate surface area is 142 Å². The molecule has 1 aromatic heterocycles. The van der Waals surface area contributed by atoms with Crippen LogP contribution in [-0.4, -0.2) is 23.7 Å². The van der Waals surface area contributed by atoms with Gasteiger partial charge in [-0.3, -0.25) is 14.6 Å². The van der Waals surface area contributed by atoms with E-state index in [9.17, 15) is 9.59 Å². The minimum absolute atomic E-state index is 0.150. The Morgan fingerprint density at radius 3 is 2.54 bits per heavy atom. The van der Waals surface area contributed by atoms with Crippen LogP contribution in [0.3, 0.4) is 0 Å². The molecule has 24 heavy (non-hydrogen) atoms. The molecule has 1 amide bonds. The third-order valence-electron chi connectivity index (χ3n) is 3.99. The van der Waals surface area contributed by atoms with Crippen molar-refractivity contribution in [2.45, 2.75) is 26.7 Å². The summed E-state index contributed by atoms with van der Waals surface area (Å²) in [6, 6.07) is 9.79. The number of allylic oxidation sites excluding steroid dienone is 1. The number of aryl methyl sites for hydroxylation is 1. The van der Waals surface area contributed by atoms with E-state index in [0.29, 0.717) is 12.0 Å². The zero-order valence-corrected chi connectivity index (χ0v) is 14.3. The fraction of sp³-hybridized carbons (Fsp3) is 0.250. The normalized spacial score (nSPS) is 10.3. The molecule has 124 valence electrons. The van der Waals surface area contributed by atoms with Crippen LogP contribution in [0.2, 0.25) is 0 Å². The molecule has 1 N–H and O–H groups in total. The number of nitrogens with one attached hydrogen (secondary N) is 1. The lowest BCUT2D eigenvalue weighted by Crippen LogP contribution is -2.22. The van der Waals surface area contributed by atoms with Crippen molar-refractivity contribution in [1.29, 1.82) is 0 Å². The lowest BCUT2D eigenvalue weighted by atomic mass is 9.98. The Morgan fingerprint density at radius 1 is 1.17 bits per heavy atom. The Hall–Kier alpha value is -2.75. The number of nitrogens with zero attached hydrogens (tertiary/aromatic N) is 1. The topological polar surface area (TPSA) is 59.1 Å². The molecule has 0 radical (unpaired) electrons. The van der Waals surface area contributed by atoms with Gasteiger partial charge < -0.3 is 5.32 Å². The average molecular weight is 322 g/mol. The van der Waals surface area contributed by atoms with Crippen molar-refractivity contribution in [1.82, 2.24) is 10.3 Å². The summed E-state index contributed by atoms with van der Waals surface area (Å²) in [6.07, 6.45) is 3.09. The van der Waals surface area contributed by atoms with E-state index in [4.69, 9.17) is 0 Å². The van der Waals surface area contributed by atoms with Crippen LogP contribution in [-0.2, 0) is 6.42 Å². The van der Waals surface area contributed by atoms with Crippen LogP contribution >= 0.6 is 0 Å². The molecule has 0 aliphatic rings. The molecule has 0 spiro atoms. The number of benzene rings is 1. The number of aromatic nitrogens is 1. The highest BCUT2D eigenvalue weighted by Crippen LogP contribution is 2.24. The Morgan fingerprint density at radius 2 is 1.92 bits per heavy atom. The maximum atomic E-state index is 12.4. The molecular weight excluding hydrogens is 300 g/mol. The summed E-state index contributed by atoms with van der Waals surface area (Å²) in [5.74, 6) is -0.617. The number of Topliss-reactive ketones (excluding diaryl/α,β-unsaturated/α-hetero) is 1. The summed E-state index contributed by atoms with van der Waals surface area (Å²) in [6.45, 7) is 7.70. The molecule has 4 heteroatoms. The van der Waals surface area contributed by atoms with Gasteiger partial charge in [0.15, 0.2) is 0 Å². The van der Waals surface area contributed by atoms with Gasteiger partial charge in [0, 0.05) is 18.8 Å². The van der Waals surface area contributed by atoms with Crippen molar-refractivity contribution >= 4 is 11.7 Å². The third-order valence-corrected chi connectivity index (χ3v) is 3.99. The average Bonchev–Trinajstić information content (AvgIpc) is 2.65. The number of rotatable bonds is 6.